The number of aromatic nitrogens is 1. The van der Waals surface area contributed by atoms with Crippen LogP contribution in [-0.2, 0) is 9.53 Å². The lowest BCUT2D eigenvalue weighted by molar-refractivity contribution is -0.143. The third-order valence-corrected chi connectivity index (χ3v) is 5.98. The Morgan fingerprint density at radius 3 is 3.00 bits per heavy atom. The molecule has 5 heteroatoms. The summed E-state index contributed by atoms with van der Waals surface area (Å²) in [6, 6.07) is 8.90. The van der Waals surface area contributed by atoms with E-state index in [1.54, 1.807) is 0 Å². The van der Waals surface area contributed by atoms with Gasteiger partial charge in [0.15, 0.2) is 0 Å². The van der Waals surface area contributed by atoms with Crippen molar-refractivity contribution in [3.05, 3.63) is 29.3 Å². The van der Waals surface area contributed by atoms with Gasteiger partial charge in [-0.05, 0) is 57.8 Å². The van der Waals surface area contributed by atoms with Gasteiger partial charge in [-0.3, -0.25) is 9.69 Å². The van der Waals surface area contributed by atoms with Gasteiger partial charge < -0.3 is 4.74 Å². The average Bonchev–Trinajstić information content (AvgIpc) is 3.06. The maximum atomic E-state index is 11.4. The van der Waals surface area contributed by atoms with Crippen LogP contribution in [0.4, 0.5) is 0 Å². The number of fused-ring (bicyclic) bond motifs is 1. The second-order valence-corrected chi connectivity index (χ2v) is 7.75. The molecule has 0 bridgehead atoms. The highest BCUT2D eigenvalue weighted by atomic mass is 32.1. The van der Waals surface area contributed by atoms with E-state index >= 15 is 0 Å². The monoisotopic (exact) mass is 360 g/mol. The maximum absolute atomic E-state index is 11.4. The largest absolute Gasteiger partial charge is 0.466 e. The molecular formula is C20H28N2O2S. The van der Waals surface area contributed by atoms with E-state index in [0.29, 0.717) is 19.1 Å². The van der Waals surface area contributed by atoms with Crippen LogP contribution in [0.5, 0.6) is 0 Å². The first-order valence-electron chi connectivity index (χ1n) is 9.53. The first-order valence-corrected chi connectivity index (χ1v) is 10.3. The van der Waals surface area contributed by atoms with Crippen molar-refractivity contribution in [1.29, 1.82) is 0 Å². The molecule has 1 fully saturated rings. The molecule has 0 amide bonds. The fourth-order valence-corrected chi connectivity index (χ4v) is 4.70. The Balaban J connectivity index is 1.51. The Kier molecular flexibility index (Phi) is 6.82. The average molecular weight is 361 g/mol. The summed E-state index contributed by atoms with van der Waals surface area (Å²) >= 11 is 1.85. The van der Waals surface area contributed by atoms with Crippen LogP contribution in [0.15, 0.2) is 24.3 Å². The second kappa shape index (κ2) is 9.30. The van der Waals surface area contributed by atoms with Gasteiger partial charge in [0.2, 0.25) is 0 Å². The van der Waals surface area contributed by atoms with Crippen LogP contribution in [-0.4, -0.2) is 35.5 Å². The molecule has 2 aromatic rings. The fraction of sp³-hybridized carbons (Fsp3) is 0.600. The van der Waals surface area contributed by atoms with E-state index in [0.717, 1.165) is 31.3 Å². The number of rotatable bonds is 8. The Labute approximate surface area is 154 Å². The highest BCUT2D eigenvalue weighted by Crippen LogP contribution is 2.35. The van der Waals surface area contributed by atoms with E-state index < -0.39 is 0 Å². The maximum Gasteiger partial charge on any atom is 0.305 e. The molecule has 0 N–H and O–H groups in total. The Bertz CT molecular complexity index is 652. The van der Waals surface area contributed by atoms with Gasteiger partial charge in [-0.25, -0.2) is 4.98 Å². The zero-order valence-corrected chi connectivity index (χ0v) is 15.9. The number of hydrogen-bond acceptors (Lipinski definition) is 5. The first-order chi connectivity index (χ1) is 12.3. The number of hydrogen-bond donors (Lipinski definition) is 0. The molecule has 25 heavy (non-hydrogen) atoms. The second-order valence-electron chi connectivity index (χ2n) is 6.68. The smallest absolute Gasteiger partial charge is 0.305 e. The number of benzene rings is 1. The zero-order chi connectivity index (χ0) is 17.5. The van der Waals surface area contributed by atoms with Crippen LogP contribution in [0.25, 0.3) is 10.2 Å². The van der Waals surface area contributed by atoms with Crippen molar-refractivity contribution < 1.29 is 9.53 Å². The number of carbonyl (C=O) groups excluding carboxylic acids is 1. The Hall–Kier alpha value is -1.46. The lowest BCUT2D eigenvalue weighted by Crippen LogP contribution is -2.34. The number of piperidine rings is 1. The molecule has 4 nitrogen and oxygen atoms in total. The third kappa shape index (κ3) is 5.02. The number of esters is 1. The van der Waals surface area contributed by atoms with E-state index in [1.807, 2.05) is 18.3 Å². The minimum atomic E-state index is -0.0622. The van der Waals surface area contributed by atoms with Gasteiger partial charge in [0, 0.05) is 6.42 Å². The Morgan fingerprint density at radius 2 is 2.16 bits per heavy atom. The molecule has 0 spiro atoms. The van der Waals surface area contributed by atoms with E-state index in [2.05, 4.69) is 29.2 Å². The minimum Gasteiger partial charge on any atom is -0.466 e. The predicted molar refractivity (Wildman–Crippen MR) is 103 cm³/mol. The van der Waals surface area contributed by atoms with E-state index in [4.69, 9.17) is 9.72 Å². The quantitative estimate of drug-likeness (QED) is 0.493. The molecule has 1 aliphatic heterocycles. The summed E-state index contributed by atoms with van der Waals surface area (Å²) < 4.78 is 6.28. The van der Waals surface area contributed by atoms with Crippen LogP contribution in [0, 0.1) is 0 Å². The van der Waals surface area contributed by atoms with Crippen LogP contribution in [0.1, 0.15) is 62.9 Å². The third-order valence-electron chi connectivity index (χ3n) is 4.84. The molecule has 1 aromatic carbocycles. The number of para-hydroxylation sites is 1. The van der Waals surface area contributed by atoms with Gasteiger partial charge in [0.1, 0.15) is 5.01 Å². The fourth-order valence-electron chi connectivity index (χ4n) is 3.57. The number of carbonyl (C=O) groups is 1. The number of unbranched alkanes of at least 4 members (excludes halogenated alkanes) is 2. The number of ether oxygens (including phenoxy) is 1. The van der Waals surface area contributed by atoms with Gasteiger partial charge in [0.25, 0.3) is 0 Å². The summed E-state index contributed by atoms with van der Waals surface area (Å²) in [5.74, 6) is -0.0622. The molecule has 1 aliphatic rings. The topological polar surface area (TPSA) is 42.4 Å². The molecule has 3 rings (SSSR count). The molecular weight excluding hydrogens is 332 g/mol. The molecule has 1 atom stereocenters. The highest BCUT2D eigenvalue weighted by molar-refractivity contribution is 7.18. The molecule has 1 unspecified atom stereocenters. The number of nitrogens with zero attached hydrogens (tertiary/aromatic N) is 2. The SMILES string of the molecule is CCOC(=O)CCCCCN1CCCCC1c1nc2ccccc2s1. The van der Waals surface area contributed by atoms with Crippen molar-refractivity contribution in [2.24, 2.45) is 0 Å². The van der Waals surface area contributed by atoms with Crippen molar-refractivity contribution in [3.8, 4) is 0 Å². The summed E-state index contributed by atoms with van der Waals surface area (Å²) in [6.07, 6.45) is 7.49. The minimum absolute atomic E-state index is 0.0622. The summed E-state index contributed by atoms with van der Waals surface area (Å²) in [4.78, 5) is 18.9. The molecule has 136 valence electrons. The summed E-state index contributed by atoms with van der Waals surface area (Å²) in [7, 11) is 0. The molecule has 0 saturated carbocycles. The van der Waals surface area contributed by atoms with Crippen LogP contribution in [0.3, 0.4) is 0 Å². The summed E-state index contributed by atoms with van der Waals surface area (Å²) in [6.45, 7) is 4.61. The van der Waals surface area contributed by atoms with Crippen molar-refractivity contribution in [1.82, 2.24) is 9.88 Å². The van der Waals surface area contributed by atoms with Gasteiger partial charge in [-0.1, -0.05) is 25.0 Å². The summed E-state index contributed by atoms with van der Waals surface area (Å²) in [5.41, 5.74) is 1.13. The lowest BCUT2D eigenvalue weighted by Gasteiger charge is -2.34. The molecule has 2 heterocycles. The standard InChI is InChI=1S/C20H28N2O2S/c1-2-24-19(23)13-4-3-8-14-22-15-9-7-11-17(22)20-21-16-10-5-6-12-18(16)25-20/h5-6,10,12,17H,2-4,7-9,11,13-15H2,1H3. The molecule has 0 aliphatic carbocycles. The van der Waals surface area contributed by atoms with Gasteiger partial charge in [0.05, 0.1) is 22.9 Å². The van der Waals surface area contributed by atoms with Crippen LogP contribution < -0.4 is 0 Å². The lowest BCUT2D eigenvalue weighted by atomic mass is 10.0. The molecule has 1 aromatic heterocycles. The van der Waals surface area contributed by atoms with E-state index in [-0.39, 0.29) is 5.97 Å². The Morgan fingerprint density at radius 1 is 1.28 bits per heavy atom. The highest BCUT2D eigenvalue weighted by Gasteiger charge is 2.26. The van der Waals surface area contributed by atoms with Crippen LogP contribution >= 0.6 is 11.3 Å². The van der Waals surface area contributed by atoms with Crippen molar-refractivity contribution in [2.75, 3.05) is 19.7 Å². The van der Waals surface area contributed by atoms with Crippen molar-refractivity contribution in [2.45, 2.75) is 57.9 Å². The molecule has 1 saturated heterocycles. The summed E-state index contributed by atoms with van der Waals surface area (Å²) in [5, 5.41) is 1.27. The van der Waals surface area contributed by atoms with Crippen molar-refractivity contribution >= 4 is 27.5 Å². The predicted octanol–water partition coefficient (Wildman–Crippen LogP) is 4.95. The normalized spacial score (nSPS) is 18.5. The van der Waals surface area contributed by atoms with Crippen molar-refractivity contribution in [3.63, 3.8) is 0 Å². The number of thiazole rings is 1. The van der Waals surface area contributed by atoms with E-state index in [1.165, 1.54) is 35.5 Å². The first kappa shape index (κ1) is 18.3. The molecule has 0 radical (unpaired) electrons. The van der Waals surface area contributed by atoms with Crippen LogP contribution in [0.2, 0.25) is 0 Å². The number of likely N-dealkylation sites (tertiary alicyclic amines) is 1. The van der Waals surface area contributed by atoms with E-state index in [9.17, 15) is 4.79 Å². The van der Waals surface area contributed by atoms with Gasteiger partial charge in [-0.15, -0.1) is 11.3 Å². The van der Waals surface area contributed by atoms with Gasteiger partial charge >= 0.3 is 5.97 Å². The van der Waals surface area contributed by atoms with Gasteiger partial charge in [-0.2, -0.15) is 0 Å². The zero-order valence-electron chi connectivity index (χ0n) is 15.1.